The molecule has 2 aliphatic heterocycles. The quantitative estimate of drug-likeness (QED) is 0.793. The molecule has 0 aliphatic carbocycles. The molecule has 1 unspecified atom stereocenters. The molecule has 0 bridgehead atoms. The molecule has 2 aromatic rings. The number of rotatable bonds is 6. The van der Waals surface area contributed by atoms with Crippen LogP contribution in [0, 0.1) is 0 Å². The smallest absolute Gasteiger partial charge is 0.240 e. The largest absolute Gasteiger partial charge is 0.376 e. The maximum absolute atomic E-state index is 12.0. The zero-order valence-electron chi connectivity index (χ0n) is 13.8. The number of aromatic nitrogens is 4. The van der Waals surface area contributed by atoms with E-state index in [0.29, 0.717) is 30.6 Å². The van der Waals surface area contributed by atoms with E-state index in [2.05, 4.69) is 30.3 Å². The number of amides is 1. The fraction of sp³-hybridized carbons (Fsp3) is 0.562. The SMILES string of the molecule is O=C(CN1CC(c2nc(-c3ncccn3)no2)C1)NCC1CCCO1. The van der Waals surface area contributed by atoms with E-state index in [9.17, 15) is 4.79 Å². The van der Waals surface area contributed by atoms with Crippen molar-refractivity contribution in [2.24, 2.45) is 0 Å². The first kappa shape index (κ1) is 16.1. The molecule has 4 rings (SSSR count). The van der Waals surface area contributed by atoms with E-state index < -0.39 is 0 Å². The lowest BCUT2D eigenvalue weighted by Crippen LogP contribution is -2.50. The lowest BCUT2D eigenvalue weighted by atomic mass is 10.0. The summed E-state index contributed by atoms with van der Waals surface area (Å²) < 4.78 is 10.8. The Balaban J connectivity index is 1.22. The first-order valence-electron chi connectivity index (χ1n) is 8.49. The summed E-state index contributed by atoms with van der Waals surface area (Å²) in [5, 5.41) is 6.86. The van der Waals surface area contributed by atoms with E-state index >= 15 is 0 Å². The van der Waals surface area contributed by atoms with Crippen molar-refractivity contribution >= 4 is 5.91 Å². The zero-order chi connectivity index (χ0) is 17.1. The van der Waals surface area contributed by atoms with E-state index in [0.717, 1.165) is 32.5 Å². The van der Waals surface area contributed by atoms with Crippen molar-refractivity contribution in [2.75, 3.05) is 32.8 Å². The first-order valence-corrected chi connectivity index (χ1v) is 8.49. The van der Waals surface area contributed by atoms with Gasteiger partial charge in [0.2, 0.25) is 23.4 Å². The summed E-state index contributed by atoms with van der Waals surface area (Å²) in [6, 6.07) is 1.73. The second-order valence-electron chi connectivity index (χ2n) is 6.36. The molecule has 132 valence electrons. The highest BCUT2D eigenvalue weighted by Gasteiger charge is 2.34. The number of ether oxygens (including phenoxy) is 1. The Hall–Kier alpha value is -2.39. The van der Waals surface area contributed by atoms with Gasteiger partial charge in [0, 0.05) is 38.6 Å². The number of hydrogen-bond acceptors (Lipinski definition) is 8. The molecule has 0 saturated carbocycles. The van der Waals surface area contributed by atoms with Gasteiger partial charge in [-0.05, 0) is 18.9 Å². The number of nitrogens with zero attached hydrogens (tertiary/aromatic N) is 5. The van der Waals surface area contributed by atoms with Gasteiger partial charge in [0.05, 0.1) is 18.6 Å². The van der Waals surface area contributed by atoms with Gasteiger partial charge in [-0.25, -0.2) is 9.97 Å². The van der Waals surface area contributed by atoms with Crippen molar-refractivity contribution in [3.8, 4) is 11.6 Å². The van der Waals surface area contributed by atoms with Crippen LogP contribution in [-0.2, 0) is 9.53 Å². The maximum atomic E-state index is 12.0. The summed E-state index contributed by atoms with van der Waals surface area (Å²) in [7, 11) is 0. The van der Waals surface area contributed by atoms with Gasteiger partial charge in [0.1, 0.15) is 0 Å². The van der Waals surface area contributed by atoms with Crippen molar-refractivity contribution in [3.05, 3.63) is 24.4 Å². The van der Waals surface area contributed by atoms with E-state index in [1.165, 1.54) is 0 Å². The average molecular weight is 344 g/mol. The van der Waals surface area contributed by atoms with Crippen LogP contribution in [0.4, 0.5) is 0 Å². The Morgan fingerprint density at radius 3 is 2.88 bits per heavy atom. The number of carbonyl (C=O) groups is 1. The van der Waals surface area contributed by atoms with E-state index in [-0.39, 0.29) is 17.9 Å². The van der Waals surface area contributed by atoms with Crippen molar-refractivity contribution in [2.45, 2.75) is 24.9 Å². The summed E-state index contributed by atoms with van der Waals surface area (Å²) in [5.41, 5.74) is 0. The van der Waals surface area contributed by atoms with E-state index in [4.69, 9.17) is 9.26 Å². The summed E-state index contributed by atoms with van der Waals surface area (Å²) in [5.74, 6) is 1.58. The molecule has 1 N–H and O–H groups in total. The Morgan fingerprint density at radius 1 is 1.28 bits per heavy atom. The topological polar surface area (TPSA) is 106 Å². The van der Waals surface area contributed by atoms with Gasteiger partial charge in [-0.1, -0.05) is 5.16 Å². The predicted octanol–water partition coefficient (Wildman–Crippen LogP) is 0.221. The van der Waals surface area contributed by atoms with Crippen LogP contribution >= 0.6 is 0 Å². The van der Waals surface area contributed by atoms with Gasteiger partial charge in [-0.15, -0.1) is 0 Å². The Labute approximate surface area is 144 Å². The standard InChI is InChI=1S/C16H20N6O3/c23-13(19-7-12-3-1-6-24-12)10-22-8-11(9-22)16-20-15(21-25-16)14-17-4-2-5-18-14/h2,4-5,11-12H,1,3,6-10H2,(H,19,23). The second-order valence-corrected chi connectivity index (χ2v) is 6.36. The van der Waals surface area contributed by atoms with Crippen LogP contribution in [-0.4, -0.2) is 69.8 Å². The molecule has 1 amide bonds. The third kappa shape index (κ3) is 3.83. The Morgan fingerprint density at radius 2 is 2.12 bits per heavy atom. The average Bonchev–Trinajstić information content (AvgIpc) is 3.28. The molecule has 2 fully saturated rings. The molecule has 25 heavy (non-hydrogen) atoms. The van der Waals surface area contributed by atoms with Crippen LogP contribution in [0.15, 0.2) is 23.0 Å². The third-order valence-corrected chi connectivity index (χ3v) is 4.43. The molecule has 2 saturated heterocycles. The summed E-state index contributed by atoms with van der Waals surface area (Å²) in [4.78, 5) is 26.6. The number of nitrogens with one attached hydrogen (secondary N) is 1. The predicted molar refractivity (Wildman–Crippen MR) is 86.5 cm³/mol. The Bertz CT molecular complexity index is 710. The molecular weight excluding hydrogens is 324 g/mol. The fourth-order valence-corrected chi connectivity index (χ4v) is 3.05. The molecular formula is C16H20N6O3. The summed E-state index contributed by atoms with van der Waals surface area (Å²) in [6.07, 6.45) is 5.55. The van der Waals surface area contributed by atoms with Crippen molar-refractivity contribution in [3.63, 3.8) is 0 Å². The van der Waals surface area contributed by atoms with Crippen molar-refractivity contribution in [1.29, 1.82) is 0 Å². The highest BCUT2D eigenvalue weighted by molar-refractivity contribution is 5.78. The lowest BCUT2D eigenvalue weighted by Gasteiger charge is -2.36. The molecule has 9 heteroatoms. The lowest BCUT2D eigenvalue weighted by molar-refractivity contribution is -0.123. The first-order chi connectivity index (χ1) is 12.3. The van der Waals surface area contributed by atoms with Crippen molar-refractivity contribution in [1.82, 2.24) is 30.3 Å². The molecule has 4 heterocycles. The van der Waals surface area contributed by atoms with Crippen LogP contribution in [0.3, 0.4) is 0 Å². The second kappa shape index (κ2) is 7.24. The van der Waals surface area contributed by atoms with Crippen LogP contribution in [0.2, 0.25) is 0 Å². The minimum Gasteiger partial charge on any atom is -0.376 e. The van der Waals surface area contributed by atoms with Gasteiger partial charge in [-0.3, -0.25) is 9.69 Å². The number of likely N-dealkylation sites (tertiary alicyclic amines) is 1. The molecule has 0 spiro atoms. The molecule has 0 radical (unpaired) electrons. The third-order valence-electron chi connectivity index (χ3n) is 4.43. The Kier molecular flexibility index (Phi) is 4.66. The van der Waals surface area contributed by atoms with E-state index in [1.54, 1.807) is 18.5 Å². The van der Waals surface area contributed by atoms with Crippen molar-refractivity contribution < 1.29 is 14.1 Å². The number of carbonyl (C=O) groups excluding carboxylic acids is 1. The maximum Gasteiger partial charge on any atom is 0.240 e. The highest BCUT2D eigenvalue weighted by Crippen LogP contribution is 2.26. The van der Waals surface area contributed by atoms with Crippen LogP contribution in [0.1, 0.15) is 24.7 Å². The minimum absolute atomic E-state index is 0.0258. The summed E-state index contributed by atoms with van der Waals surface area (Å²) >= 11 is 0. The van der Waals surface area contributed by atoms with Crippen LogP contribution < -0.4 is 5.32 Å². The zero-order valence-corrected chi connectivity index (χ0v) is 13.8. The van der Waals surface area contributed by atoms with Gasteiger partial charge in [0.15, 0.2) is 0 Å². The summed E-state index contributed by atoms with van der Waals surface area (Å²) in [6.45, 7) is 3.23. The minimum atomic E-state index is 0.0258. The van der Waals surface area contributed by atoms with Crippen LogP contribution in [0.25, 0.3) is 11.6 Å². The van der Waals surface area contributed by atoms with Gasteiger partial charge < -0.3 is 14.6 Å². The van der Waals surface area contributed by atoms with Gasteiger partial charge in [-0.2, -0.15) is 4.98 Å². The monoisotopic (exact) mass is 344 g/mol. The molecule has 2 aliphatic rings. The van der Waals surface area contributed by atoms with Gasteiger partial charge >= 0.3 is 0 Å². The molecule has 9 nitrogen and oxygen atoms in total. The normalized spacial score (nSPS) is 21.2. The molecule has 1 atom stereocenters. The fourth-order valence-electron chi connectivity index (χ4n) is 3.05. The molecule has 2 aromatic heterocycles. The van der Waals surface area contributed by atoms with Crippen LogP contribution in [0.5, 0.6) is 0 Å². The number of hydrogen-bond donors (Lipinski definition) is 1. The van der Waals surface area contributed by atoms with E-state index in [1.807, 2.05) is 0 Å². The highest BCUT2D eigenvalue weighted by atomic mass is 16.5. The molecule has 0 aromatic carbocycles. The van der Waals surface area contributed by atoms with Gasteiger partial charge in [0.25, 0.3) is 0 Å².